The summed E-state index contributed by atoms with van der Waals surface area (Å²) in [5.41, 5.74) is 6.23. The fourth-order valence-electron chi connectivity index (χ4n) is 2.88. The fourth-order valence-corrected chi connectivity index (χ4v) is 2.88. The van der Waals surface area contributed by atoms with Gasteiger partial charge in [-0.05, 0) is 37.0 Å². The van der Waals surface area contributed by atoms with Crippen LogP contribution in [0.5, 0.6) is 0 Å². The van der Waals surface area contributed by atoms with Crippen molar-refractivity contribution in [3.05, 3.63) is 29.8 Å². The molecular formula is C15H18FN3O. The third-order valence-corrected chi connectivity index (χ3v) is 3.97. The lowest BCUT2D eigenvalue weighted by Gasteiger charge is -2.23. The zero-order valence-corrected chi connectivity index (χ0v) is 11.5. The highest BCUT2D eigenvalue weighted by molar-refractivity contribution is 5.58. The number of nitrogens with two attached hydrogens (primary N) is 1. The smallest absolute Gasteiger partial charge is 0.260 e. The summed E-state index contributed by atoms with van der Waals surface area (Å²) >= 11 is 0. The van der Waals surface area contributed by atoms with Crippen LogP contribution in [0, 0.1) is 11.7 Å². The quantitative estimate of drug-likeness (QED) is 0.848. The molecule has 1 aliphatic carbocycles. The van der Waals surface area contributed by atoms with Gasteiger partial charge in [0.05, 0.1) is 5.56 Å². The van der Waals surface area contributed by atoms with Crippen LogP contribution in [-0.4, -0.2) is 10.1 Å². The second-order valence-electron chi connectivity index (χ2n) is 5.67. The summed E-state index contributed by atoms with van der Waals surface area (Å²) in [5.74, 6) is 1.51. The third kappa shape index (κ3) is 2.53. The minimum Gasteiger partial charge on any atom is -0.399 e. The SMILES string of the molecule is CC1CCCC(c2noc(-c3ccc(N)cc3F)n2)C1. The molecule has 0 bridgehead atoms. The van der Waals surface area contributed by atoms with Crippen LogP contribution < -0.4 is 5.73 Å². The predicted octanol–water partition coefficient (Wildman–Crippen LogP) is 3.75. The molecule has 0 aliphatic heterocycles. The normalized spacial score (nSPS) is 22.9. The van der Waals surface area contributed by atoms with Gasteiger partial charge in [-0.25, -0.2) is 4.39 Å². The van der Waals surface area contributed by atoms with Crippen molar-refractivity contribution in [2.75, 3.05) is 5.73 Å². The van der Waals surface area contributed by atoms with E-state index >= 15 is 0 Å². The van der Waals surface area contributed by atoms with Gasteiger partial charge in [-0.3, -0.25) is 0 Å². The van der Waals surface area contributed by atoms with Crippen molar-refractivity contribution in [3.63, 3.8) is 0 Å². The highest BCUT2D eigenvalue weighted by atomic mass is 19.1. The first kappa shape index (κ1) is 13.1. The van der Waals surface area contributed by atoms with Crippen LogP contribution in [0.1, 0.15) is 44.3 Å². The van der Waals surface area contributed by atoms with E-state index in [9.17, 15) is 4.39 Å². The molecule has 2 N–H and O–H groups in total. The minimum absolute atomic E-state index is 0.232. The van der Waals surface area contributed by atoms with Gasteiger partial charge in [0.15, 0.2) is 5.82 Å². The molecule has 0 spiro atoms. The van der Waals surface area contributed by atoms with E-state index in [4.69, 9.17) is 10.3 Å². The van der Waals surface area contributed by atoms with E-state index in [2.05, 4.69) is 17.1 Å². The zero-order valence-electron chi connectivity index (χ0n) is 11.5. The Hall–Kier alpha value is -1.91. The number of anilines is 1. The minimum atomic E-state index is -0.433. The van der Waals surface area contributed by atoms with Crippen LogP contribution in [0.2, 0.25) is 0 Å². The standard InChI is InChI=1S/C15H18FN3O/c1-9-3-2-4-10(7-9)14-18-15(20-19-14)12-6-5-11(17)8-13(12)16/h5-6,8-10H,2-4,7,17H2,1H3. The molecular weight excluding hydrogens is 257 g/mol. The molecule has 106 valence electrons. The van der Waals surface area contributed by atoms with Gasteiger partial charge in [-0.15, -0.1) is 0 Å². The van der Waals surface area contributed by atoms with Crippen molar-refractivity contribution in [1.82, 2.24) is 10.1 Å². The second-order valence-corrected chi connectivity index (χ2v) is 5.67. The van der Waals surface area contributed by atoms with Crippen LogP contribution in [0.3, 0.4) is 0 Å². The zero-order chi connectivity index (χ0) is 14.1. The molecule has 1 aromatic heterocycles. The molecule has 2 atom stereocenters. The molecule has 3 rings (SSSR count). The maximum Gasteiger partial charge on any atom is 0.260 e. The summed E-state index contributed by atoms with van der Waals surface area (Å²) in [6.07, 6.45) is 4.59. The number of halogens is 1. The molecule has 1 aromatic carbocycles. The number of benzene rings is 1. The Morgan fingerprint density at radius 1 is 1.35 bits per heavy atom. The Balaban J connectivity index is 1.86. The molecule has 1 saturated carbocycles. The van der Waals surface area contributed by atoms with Crippen molar-refractivity contribution in [3.8, 4) is 11.5 Å². The van der Waals surface area contributed by atoms with Crippen LogP contribution in [0.25, 0.3) is 11.5 Å². The maximum absolute atomic E-state index is 13.8. The Bertz CT molecular complexity index is 611. The largest absolute Gasteiger partial charge is 0.399 e. The van der Waals surface area contributed by atoms with Gasteiger partial charge >= 0.3 is 0 Å². The molecule has 1 heterocycles. The van der Waals surface area contributed by atoms with Crippen LogP contribution in [-0.2, 0) is 0 Å². The first-order chi connectivity index (χ1) is 9.63. The number of nitrogen functional groups attached to an aromatic ring is 1. The van der Waals surface area contributed by atoms with E-state index in [1.807, 2.05) is 0 Å². The lowest BCUT2D eigenvalue weighted by atomic mass is 9.82. The number of nitrogens with zero attached hydrogens (tertiary/aromatic N) is 2. The fraction of sp³-hybridized carbons (Fsp3) is 0.467. The number of aromatic nitrogens is 2. The Morgan fingerprint density at radius 2 is 2.20 bits per heavy atom. The Morgan fingerprint density at radius 3 is 2.95 bits per heavy atom. The summed E-state index contributed by atoms with van der Waals surface area (Å²) in [7, 11) is 0. The molecule has 4 nitrogen and oxygen atoms in total. The predicted molar refractivity (Wildman–Crippen MR) is 74.5 cm³/mol. The molecule has 2 unspecified atom stereocenters. The van der Waals surface area contributed by atoms with E-state index in [1.165, 1.54) is 18.9 Å². The summed E-state index contributed by atoms with van der Waals surface area (Å²) < 4.78 is 19.1. The first-order valence-electron chi connectivity index (χ1n) is 7.02. The van der Waals surface area contributed by atoms with Gasteiger partial charge in [0.2, 0.25) is 0 Å². The van der Waals surface area contributed by atoms with Crippen molar-refractivity contribution >= 4 is 5.69 Å². The summed E-state index contributed by atoms with van der Waals surface area (Å²) in [6.45, 7) is 2.24. The highest BCUT2D eigenvalue weighted by Gasteiger charge is 2.25. The van der Waals surface area contributed by atoms with E-state index in [1.54, 1.807) is 12.1 Å². The average Bonchev–Trinajstić information content (AvgIpc) is 2.88. The van der Waals surface area contributed by atoms with Crippen molar-refractivity contribution in [2.45, 2.75) is 38.5 Å². The van der Waals surface area contributed by atoms with E-state index in [-0.39, 0.29) is 5.89 Å². The van der Waals surface area contributed by atoms with Gasteiger partial charge in [0, 0.05) is 11.6 Å². The van der Waals surface area contributed by atoms with Crippen molar-refractivity contribution in [1.29, 1.82) is 0 Å². The first-order valence-corrected chi connectivity index (χ1v) is 7.02. The summed E-state index contributed by atoms with van der Waals surface area (Å²) in [6, 6.07) is 4.47. The monoisotopic (exact) mass is 275 g/mol. The number of hydrogen-bond acceptors (Lipinski definition) is 4. The summed E-state index contributed by atoms with van der Waals surface area (Å²) in [5, 5.41) is 4.03. The average molecular weight is 275 g/mol. The molecule has 5 heteroatoms. The molecule has 20 heavy (non-hydrogen) atoms. The third-order valence-electron chi connectivity index (χ3n) is 3.97. The van der Waals surface area contributed by atoms with Gasteiger partial charge in [-0.2, -0.15) is 4.98 Å². The Kier molecular flexibility index (Phi) is 3.42. The van der Waals surface area contributed by atoms with Crippen molar-refractivity contribution < 1.29 is 8.91 Å². The number of rotatable bonds is 2. The number of hydrogen-bond donors (Lipinski definition) is 1. The second kappa shape index (κ2) is 5.23. The molecule has 0 saturated heterocycles. The summed E-state index contributed by atoms with van der Waals surface area (Å²) in [4.78, 5) is 4.37. The molecule has 0 amide bonds. The van der Waals surface area contributed by atoms with E-state index in [0.717, 1.165) is 12.8 Å². The van der Waals surface area contributed by atoms with Gasteiger partial charge < -0.3 is 10.3 Å². The molecule has 2 aromatic rings. The van der Waals surface area contributed by atoms with Crippen LogP contribution >= 0.6 is 0 Å². The van der Waals surface area contributed by atoms with E-state index < -0.39 is 5.82 Å². The van der Waals surface area contributed by atoms with Crippen LogP contribution in [0.4, 0.5) is 10.1 Å². The van der Waals surface area contributed by atoms with Gasteiger partial charge in [0.1, 0.15) is 5.82 Å². The lowest BCUT2D eigenvalue weighted by molar-refractivity contribution is 0.324. The molecule has 1 fully saturated rings. The molecule has 0 radical (unpaired) electrons. The maximum atomic E-state index is 13.8. The topological polar surface area (TPSA) is 64.9 Å². The highest BCUT2D eigenvalue weighted by Crippen LogP contribution is 2.35. The Labute approximate surface area is 117 Å². The van der Waals surface area contributed by atoms with Crippen LogP contribution in [0.15, 0.2) is 22.7 Å². The lowest BCUT2D eigenvalue weighted by Crippen LogP contribution is -2.12. The van der Waals surface area contributed by atoms with Gasteiger partial charge in [-0.1, -0.05) is 24.9 Å². The van der Waals surface area contributed by atoms with Gasteiger partial charge in [0.25, 0.3) is 5.89 Å². The van der Waals surface area contributed by atoms with Crippen molar-refractivity contribution in [2.24, 2.45) is 5.92 Å². The molecule has 1 aliphatic rings. The van der Waals surface area contributed by atoms with E-state index in [0.29, 0.717) is 28.9 Å².